The summed E-state index contributed by atoms with van der Waals surface area (Å²) in [6.07, 6.45) is 13.1. The van der Waals surface area contributed by atoms with Gasteiger partial charge in [-0.2, -0.15) is 0 Å². The van der Waals surface area contributed by atoms with Crippen LogP contribution in [-0.2, 0) is 27.9 Å². The highest BCUT2D eigenvalue weighted by Gasteiger charge is 2.23. The molecule has 4 N–H and O–H groups in total. The van der Waals surface area contributed by atoms with Gasteiger partial charge in [-0.05, 0) is 19.3 Å². The van der Waals surface area contributed by atoms with Gasteiger partial charge in [0.25, 0.3) is 0 Å². The third-order valence-electron chi connectivity index (χ3n) is 4.88. The molecule has 0 bridgehead atoms. The van der Waals surface area contributed by atoms with Crippen molar-refractivity contribution in [3.05, 3.63) is 0 Å². The Hall–Kier alpha value is -0.540. The Morgan fingerprint density at radius 3 is 2.03 bits per heavy atom. The summed E-state index contributed by atoms with van der Waals surface area (Å²) in [5, 5.41) is 8.68. The monoisotopic (exact) mass is 483 g/mol. The maximum atomic E-state index is 11.8. The van der Waals surface area contributed by atoms with Crippen LogP contribution in [0, 0.1) is 0 Å². The molecule has 0 aliphatic carbocycles. The maximum Gasteiger partial charge on any atom is 0.472 e. The van der Waals surface area contributed by atoms with Crippen LogP contribution in [0.5, 0.6) is 0 Å². The summed E-state index contributed by atoms with van der Waals surface area (Å²) in [4.78, 5) is 20.2. The maximum absolute atomic E-state index is 11.8. The first kappa shape index (κ1) is 31.5. The van der Waals surface area contributed by atoms with E-state index in [-0.39, 0.29) is 32.8 Å². The van der Waals surface area contributed by atoms with Crippen LogP contribution in [0.4, 0.5) is 0 Å². The van der Waals surface area contributed by atoms with Crippen LogP contribution in [0.3, 0.4) is 0 Å². The third kappa shape index (κ3) is 22.6. The Balaban J connectivity index is 3.99. The Morgan fingerprint density at radius 1 is 0.844 bits per heavy atom. The van der Waals surface area contributed by atoms with Crippen molar-refractivity contribution < 1.29 is 37.9 Å². The zero-order valence-electron chi connectivity index (χ0n) is 19.9. The minimum absolute atomic E-state index is 0.0796. The van der Waals surface area contributed by atoms with Gasteiger partial charge in [-0.25, -0.2) is 4.57 Å². The van der Waals surface area contributed by atoms with E-state index in [0.717, 1.165) is 12.8 Å². The molecule has 0 aliphatic rings. The molecular weight excluding hydrogens is 437 g/mol. The topological polar surface area (TPSA) is 138 Å². The van der Waals surface area contributed by atoms with Crippen molar-refractivity contribution in [2.24, 2.45) is 5.73 Å². The number of hydrogen-bond acceptors (Lipinski definition) is 7. The predicted molar refractivity (Wildman–Crippen MR) is 125 cm³/mol. The fraction of sp³-hybridized carbons (Fsp3) is 0.955. The fourth-order valence-corrected chi connectivity index (χ4v) is 3.83. The first-order valence-electron chi connectivity index (χ1n) is 12.1. The number of carbonyl (C=O) groups is 1. The van der Waals surface area contributed by atoms with Gasteiger partial charge in [0.1, 0.15) is 6.10 Å². The normalized spacial score (nSPS) is 14.3. The standard InChI is InChI=1S/C22H46NO8P/c1-2-3-4-5-6-7-8-9-10-12-16-28-19-21(29-17-13-11-14-22(24)25)20-31-32(26,27)30-18-15-23/h21H,2-20,23H2,1H3,(H,24,25)(H,26,27). The van der Waals surface area contributed by atoms with E-state index in [1.807, 2.05) is 0 Å². The van der Waals surface area contributed by atoms with E-state index in [2.05, 4.69) is 6.92 Å². The number of phosphoric ester groups is 1. The van der Waals surface area contributed by atoms with Crippen molar-refractivity contribution in [2.45, 2.75) is 96.5 Å². The fourth-order valence-electron chi connectivity index (χ4n) is 3.06. The molecule has 2 unspecified atom stereocenters. The van der Waals surface area contributed by atoms with E-state index in [4.69, 9.17) is 29.4 Å². The number of carboxylic acids is 1. The molecule has 0 spiro atoms. The minimum Gasteiger partial charge on any atom is -0.481 e. The lowest BCUT2D eigenvalue weighted by Crippen LogP contribution is -2.26. The smallest absolute Gasteiger partial charge is 0.472 e. The Bertz CT molecular complexity index is 481. The molecule has 0 saturated heterocycles. The third-order valence-corrected chi connectivity index (χ3v) is 5.86. The summed E-state index contributed by atoms with van der Waals surface area (Å²) < 4.78 is 32.8. The number of phosphoric acid groups is 1. The summed E-state index contributed by atoms with van der Waals surface area (Å²) in [6, 6.07) is 0. The molecule has 0 aromatic carbocycles. The second kappa shape index (κ2) is 22.3. The summed E-state index contributed by atoms with van der Waals surface area (Å²) in [7, 11) is -4.18. The van der Waals surface area contributed by atoms with Gasteiger partial charge >= 0.3 is 13.8 Å². The molecule has 0 rings (SSSR count). The molecule has 192 valence electrons. The molecule has 10 heteroatoms. The summed E-state index contributed by atoms with van der Waals surface area (Å²) in [5.74, 6) is -0.844. The Labute approximate surface area is 193 Å². The molecule has 0 saturated carbocycles. The Kier molecular flexibility index (Phi) is 21.9. The molecule has 32 heavy (non-hydrogen) atoms. The van der Waals surface area contributed by atoms with Crippen molar-refractivity contribution in [1.82, 2.24) is 0 Å². The van der Waals surface area contributed by atoms with Gasteiger partial charge in [0.2, 0.25) is 0 Å². The van der Waals surface area contributed by atoms with Crippen LogP contribution in [0.2, 0.25) is 0 Å². The zero-order valence-corrected chi connectivity index (χ0v) is 20.8. The second-order valence-corrected chi connectivity index (χ2v) is 9.44. The summed E-state index contributed by atoms with van der Waals surface area (Å²) in [5.41, 5.74) is 5.26. The average Bonchev–Trinajstić information content (AvgIpc) is 2.75. The van der Waals surface area contributed by atoms with Crippen molar-refractivity contribution in [3.63, 3.8) is 0 Å². The number of rotatable bonds is 25. The molecular formula is C22H46NO8P. The number of carboxylic acid groups (broad SMARTS) is 1. The predicted octanol–water partition coefficient (Wildman–Crippen LogP) is 4.66. The van der Waals surface area contributed by atoms with Gasteiger partial charge in [-0.1, -0.05) is 64.7 Å². The summed E-state index contributed by atoms with van der Waals surface area (Å²) >= 11 is 0. The van der Waals surface area contributed by atoms with Crippen molar-refractivity contribution in [1.29, 1.82) is 0 Å². The first-order chi connectivity index (χ1) is 15.4. The van der Waals surface area contributed by atoms with Crippen LogP contribution in [0.1, 0.15) is 90.4 Å². The van der Waals surface area contributed by atoms with Crippen LogP contribution in [0.15, 0.2) is 0 Å². The van der Waals surface area contributed by atoms with Crippen LogP contribution in [-0.4, -0.2) is 61.7 Å². The molecule has 0 aromatic heterocycles. The highest BCUT2D eigenvalue weighted by Crippen LogP contribution is 2.43. The quantitative estimate of drug-likeness (QED) is 0.125. The number of ether oxygens (including phenoxy) is 2. The molecule has 0 radical (unpaired) electrons. The van der Waals surface area contributed by atoms with Gasteiger partial charge in [0.15, 0.2) is 0 Å². The lowest BCUT2D eigenvalue weighted by atomic mass is 10.1. The molecule has 0 aliphatic heterocycles. The van der Waals surface area contributed by atoms with Crippen molar-refractivity contribution in [3.8, 4) is 0 Å². The van der Waals surface area contributed by atoms with E-state index in [1.54, 1.807) is 0 Å². The molecule has 0 fully saturated rings. The molecule has 0 heterocycles. The van der Waals surface area contributed by atoms with E-state index >= 15 is 0 Å². The molecule has 0 aromatic rings. The average molecular weight is 484 g/mol. The molecule has 2 atom stereocenters. The van der Waals surface area contributed by atoms with Gasteiger partial charge < -0.3 is 25.2 Å². The Morgan fingerprint density at radius 2 is 1.44 bits per heavy atom. The highest BCUT2D eigenvalue weighted by atomic mass is 31.2. The van der Waals surface area contributed by atoms with E-state index < -0.39 is 19.9 Å². The molecule has 0 amide bonds. The minimum atomic E-state index is -4.18. The van der Waals surface area contributed by atoms with Gasteiger partial charge in [0.05, 0.1) is 19.8 Å². The van der Waals surface area contributed by atoms with Gasteiger partial charge in [0, 0.05) is 26.2 Å². The number of hydrogen-bond donors (Lipinski definition) is 3. The number of nitrogens with two attached hydrogens (primary N) is 1. The largest absolute Gasteiger partial charge is 0.481 e. The van der Waals surface area contributed by atoms with Gasteiger partial charge in [-0.3, -0.25) is 13.8 Å². The first-order valence-corrected chi connectivity index (χ1v) is 13.6. The summed E-state index contributed by atoms with van der Waals surface area (Å²) in [6.45, 7) is 3.25. The van der Waals surface area contributed by atoms with E-state index in [9.17, 15) is 14.3 Å². The molecule has 9 nitrogen and oxygen atoms in total. The van der Waals surface area contributed by atoms with Gasteiger partial charge in [-0.15, -0.1) is 0 Å². The zero-order chi connectivity index (χ0) is 23.9. The number of aliphatic carboxylic acids is 1. The van der Waals surface area contributed by atoms with E-state index in [0.29, 0.717) is 26.1 Å². The van der Waals surface area contributed by atoms with Crippen LogP contribution in [0.25, 0.3) is 0 Å². The van der Waals surface area contributed by atoms with Crippen LogP contribution >= 0.6 is 7.82 Å². The lowest BCUT2D eigenvalue weighted by molar-refractivity contribution is -0.137. The van der Waals surface area contributed by atoms with Crippen molar-refractivity contribution in [2.75, 3.05) is 39.6 Å². The number of unbranched alkanes of at least 4 members (excludes halogenated alkanes) is 10. The van der Waals surface area contributed by atoms with Crippen molar-refractivity contribution >= 4 is 13.8 Å². The van der Waals surface area contributed by atoms with Crippen LogP contribution < -0.4 is 5.73 Å². The second-order valence-electron chi connectivity index (χ2n) is 7.99. The highest BCUT2D eigenvalue weighted by molar-refractivity contribution is 7.47. The lowest BCUT2D eigenvalue weighted by Gasteiger charge is -2.20. The SMILES string of the molecule is CCCCCCCCCCCCOCC(COP(=O)(O)OCCN)OCCCCC(=O)O. The van der Waals surface area contributed by atoms with E-state index in [1.165, 1.54) is 51.4 Å².